The quantitative estimate of drug-likeness (QED) is 0.779. The molecule has 1 aliphatic heterocycles. The number of para-hydroxylation sites is 1. The maximum atomic E-state index is 13.3. The van der Waals surface area contributed by atoms with Gasteiger partial charge in [-0.2, -0.15) is 0 Å². The minimum absolute atomic E-state index is 0.303. The Morgan fingerprint density at radius 2 is 2.06 bits per heavy atom. The molecule has 0 atom stereocenters. The van der Waals surface area contributed by atoms with Gasteiger partial charge in [-0.05, 0) is 43.5 Å². The van der Waals surface area contributed by atoms with Crippen molar-refractivity contribution >= 4 is 5.69 Å². The van der Waals surface area contributed by atoms with Gasteiger partial charge in [-0.1, -0.05) is 19.1 Å². The number of benzene rings is 1. The van der Waals surface area contributed by atoms with Gasteiger partial charge < -0.3 is 5.73 Å². The van der Waals surface area contributed by atoms with Gasteiger partial charge >= 0.3 is 0 Å². The molecule has 88 valence electrons. The molecular weight excluding hydrogens is 203 g/mol. The summed E-state index contributed by atoms with van der Waals surface area (Å²) in [5.74, 6) is 0.518. The Balaban J connectivity index is 2.01. The molecule has 1 aromatic carbocycles. The summed E-state index contributed by atoms with van der Waals surface area (Å²) in [7, 11) is 0. The summed E-state index contributed by atoms with van der Waals surface area (Å²) in [6.07, 6.45) is 2.46. The van der Waals surface area contributed by atoms with E-state index in [2.05, 4.69) is 11.8 Å². The lowest BCUT2D eigenvalue weighted by Crippen LogP contribution is -2.32. The molecule has 0 bridgehead atoms. The first-order valence-corrected chi connectivity index (χ1v) is 5.92. The Bertz CT molecular complexity index is 357. The van der Waals surface area contributed by atoms with Crippen molar-refractivity contribution in [1.82, 2.24) is 4.90 Å². The average Bonchev–Trinajstić information content (AvgIpc) is 2.28. The number of anilines is 1. The second kappa shape index (κ2) is 4.83. The van der Waals surface area contributed by atoms with Gasteiger partial charge in [0.25, 0.3) is 0 Å². The Hall–Kier alpha value is -1.09. The van der Waals surface area contributed by atoms with Crippen LogP contribution in [0, 0.1) is 11.7 Å². The van der Waals surface area contributed by atoms with Crippen molar-refractivity contribution in [2.75, 3.05) is 18.8 Å². The molecule has 1 fully saturated rings. The fourth-order valence-corrected chi connectivity index (χ4v) is 2.18. The third-order valence-electron chi connectivity index (χ3n) is 3.41. The highest BCUT2D eigenvalue weighted by molar-refractivity contribution is 5.47. The van der Waals surface area contributed by atoms with Crippen LogP contribution in [0.2, 0.25) is 0 Å². The Kier molecular flexibility index (Phi) is 3.44. The number of nitrogens with two attached hydrogens (primary N) is 1. The van der Waals surface area contributed by atoms with E-state index >= 15 is 0 Å². The molecule has 3 heteroatoms. The zero-order valence-corrected chi connectivity index (χ0v) is 9.75. The van der Waals surface area contributed by atoms with Gasteiger partial charge in [-0.25, -0.2) is 4.39 Å². The van der Waals surface area contributed by atoms with E-state index in [1.54, 1.807) is 6.07 Å². The van der Waals surface area contributed by atoms with Crippen LogP contribution in [0.5, 0.6) is 0 Å². The SMILES string of the molecule is CC1CCN(Cc2cccc(F)c2N)CC1. The molecule has 0 amide bonds. The number of halogens is 1. The van der Waals surface area contributed by atoms with Crippen LogP contribution < -0.4 is 5.73 Å². The van der Waals surface area contributed by atoms with Crippen molar-refractivity contribution in [1.29, 1.82) is 0 Å². The van der Waals surface area contributed by atoms with E-state index in [-0.39, 0.29) is 5.82 Å². The molecule has 1 aliphatic rings. The van der Waals surface area contributed by atoms with E-state index in [4.69, 9.17) is 5.73 Å². The van der Waals surface area contributed by atoms with Crippen molar-refractivity contribution in [2.24, 2.45) is 5.92 Å². The van der Waals surface area contributed by atoms with Crippen molar-refractivity contribution in [2.45, 2.75) is 26.3 Å². The predicted octanol–water partition coefficient (Wildman–Crippen LogP) is 2.64. The van der Waals surface area contributed by atoms with Crippen molar-refractivity contribution in [3.63, 3.8) is 0 Å². The Labute approximate surface area is 96.2 Å². The molecule has 16 heavy (non-hydrogen) atoms. The third kappa shape index (κ3) is 2.53. The second-order valence-corrected chi connectivity index (χ2v) is 4.77. The summed E-state index contributed by atoms with van der Waals surface area (Å²) in [5, 5.41) is 0. The first kappa shape index (κ1) is 11.4. The average molecular weight is 222 g/mol. The predicted molar refractivity (Wildman–Crippen MR) is 64.5 cm³/mol. The van der Waals surface area contributed by atoms with Crippen LogP contribution in [0.4, 0.5) is 10.1 Å². The van der Waals surface area contributed by atoms with Gasteiger partial charge in [0.2, 0.25) is 0 Å². The van der Waals surface area contributed by atoms with E-state index in [0.29, 0.717) is 5.69 Å². The molecule has 2 N–H and O–H groups in total. The highest BCUT2D eigenvalue weighted by Crippen LogP contribution is 2.21. The van der Waals surface area contributed by atoms with E-state index in [1.165, 1.54) is 18.9 Å². The standard InChI is InChI=1S/C13H19FN2/c1-10-5-7-16(8-6-10)9-11-3-2-4-12(14)13(11)15/h2-4,10H,5-9,15H2,1H3. The Morgan fingerprint density at radius 1 is 1.38 bits per heavy atom. The maximum absolute atomic E-state index is 13.3. The van der Waals surface area contributed by atoms with Crippen LogP contribution in [0.15, 0.2) is 18.2 Å². The fraction of sp³-hybridized carbons (Fsp3) is 0.538. The topological polar surface area (TPSA) is 29.3 Å². The van der Waals surface area contributed by atoms with Crippen LogP contribution in [0.25, 0.3) is 0 Å². The molecule has 2 rings (SSSR count). The normalized spacial score (nSPS) is 18.9. The lowest BCUT2D eigenvalue weighted by molar-refractivity contribution is 0.185. The molecule has 0 saturated carbocycles. The summed E-state index contributed by atoms with van der Waals surface area (Å²) in [6, 6.07) is 5.06. The summed E-state index contributed by atoms with van der Waals surface area (Å²) in [6.45, 7) is 5.25. The molecule has 2 nitrogen and oxygen atoms in total. The number of piperidine rings is 1. The molecule has 0 unspecified atom stereocenters. The summed E-state index contributed by atoms with van der Waals surface area (Å²) in [4.78, 5) is 2.35. The summed E-state index contributed by atoms with van der Waals surface area (Å²) >= 11 is 0. The number of hydrogen-bond donors (Lipinski definition) is 1. The highest BCUT2D eigenvalue weighted by atomic mass is 19.1. The molecule has 1 saturated heterocycles. The van der Waals surface area contributed by atoms with Crippen LogP contribution in [0.3, 0.4) is 0 Å². The van der Waals surface area contributed by atoms with Crippen molar-refractivity contribution < 1.29 is 4.39 Å². The third-order valence-corrected chi connectivity index (χ3v) is 3.41. The van der Waals surface area contributed by atoms with Gasteiger partial charge in [0.1, 0.15) is 5.82 Å². The largest absolute Gasteiger partial charge is 0.396 e. The van der Waals surface area contributed by atoms with Crippen LogP contribution in [-0.2, 0) is 6.54 Å². The van der Waals surface area contributed by atoms with Gasteiger partial charge in [0.15, 0.2) is 0 Å². The fourth-order valence-electron chi connectivity index (χ4n) is 2.18. The summed E-state index contributed by atoms with van der Waals surface area (Å²) in [5.41, 5.74) is 6.94. The molecule has 0 aromatic heterocycles. The number of nitrogens with zero attached hydrogens (tertiary/aromatic N) is 1. The molecule has 0 radical (unpaired) electrons. The summed E-state index contributed by atoms with van der Waals surface area (Å²) < 4.78 is 13.3. The first-order valence-electron chi connectivity index (χ1n) is 5.92. The minimum Gasteiger partial charge on any atom is -0.396 e. The van der Waals surface area contributed by atoms with E-state index < -0.39 is 0 Å². The van der Waals surface area contributed by atoms with E-state index in [0.717, 1.165) is 31.1 Å². The minimum atomic E-state index is -0.303. The monoisotopic (exact) mass is 222 g/mol. The zero-order chi connectivity index (χ0) is 11.5. The smallest absolute Gasteiger partial charge is 0.146 e. The number of rotatable bonds is 2. The molecule has 0 aliphatic carbocycles. The van der Waals surface area contributed by atoms with Gasteiger partial charge in [-0.15, -0.1) is 0 Å². The van der Waals surface area contributed by atoms with Gasteiger partial charge in [0, 0.05) is 6.54 Å². The van der Waals surface area contributed by atoms with Crippen LogP contribution >= 0.6 is 0 Å². The highest BCUT2D eigenvalue weighted by Gasteiger charge is 2.16. The lowest BCUT2D eigenvalue weighted by Gasteiger charge is -2.30. The van der Waals surface area contributed by atoms with Crippen molar-refractivity contribution in [3.05, 3.63) is 29.6 Å². The lowest BCUT2D eigenvalue weighted by atomic mass is 9.98. The van der Waals surface area contributed by atoms with E-state index in [9.17, 15) is 4.39 Å². The molecule has 1 heterocycles. The number of nitrogen functional groups attached to an aromatic ring is 1. The van der Waals surface area contributed by atoms with E-state index in [1.807, 2.05) is 6.07 Å². The molecule has 1 aromatic rings. The van der Waals surface area contributed by atoms with Crippen LogP contribution in [0.1, 0.15) is 25.3 Å². The Morgan fingerprint density at radius 3 is 2.75 bits per heavy atom. The second-order valence-electron chi connectivity index (χ2n) is 4.77. The number of likely N-dealkylation sites (tertiary alicyclic amines) is 1. The maximum Gasteiger partial charge on any atom is 0.146 e. The first-order chi connectivity index (χ1) is 7.66. The van der Waals surface area contributed by atoms with Crippen molar-refractivity contribution in [3.8, 4) is 0 Å². The van der Waals surface area contributed by atoms with Gasteiger partial charge in [0.05, 0.1) is 5.69 Å². The van der Waals surface area contributed by atoms with Gasteiger partial charge in [-0.3, -0.25) is 4.90 Å². The molecule has 0 spiro atoms. The zero-order valence-electron chi connectivity index (χ0n) is 9.75. The number of hydrogen-bond acceptors (Lipinski definition) is 2. The van der Waals surface area contributed by atoms with Crippen LogP contribution in [-0.4, -0.2) is 18.0 Å². The molecular formula is C13H19FN2.